The lowest BCUT2D eigenvalue weighted by atomic mass is 10.1. The van der Waals surface area contributed by atoms with Crippen LogP contribution in [0, 0.1) is 0 Å². The Morgan fingerprint density at radius 3 is 3.06 bits per heavy atom. The zero-order valence-corrected chi connectivity index (χ0v) is 13.1. The molecule has 0 saturated heterocycles. The molecule has 0 fully saturated rings. The molecule has 5 heteroatoms. The van der Waals surface area contributed by atoms with Crippen molar-refractivity contribution in [2.75, 3.05) is 19.4 Å². The number of halogens is 1. The van der Waals surface area contributed by atoms with Crippen LogP contribution in [0.4, 0.5) is 0 Å². The quantitative estimate of drug-likeness (QED) is 0.899. The van der Waals surface area contributed by atoms with Crippen LogP contribution in [0.15, 0.2) is 16.6 Å². The fourth-order valence-electron chi connectivity index (χ4n) is 2.00. The van der Waals surface area contributed by atoms with Crippen LogP contribution >= 0.6 is 15.9 Å². The maximum absolute atomic E-state index is 11.3. The van der Waals surface area contributed by atoms with Gasteiger partial charge in [-0.1, -0.05) is 15.9 Å². The Labute approximate surface area is 119 Å². The van der Waals surface area contributed by atoms with E-state index < -0.39 is 10.8 Å². The Balaban J connectivity index is 2.00. The van der Waals surface area contributed by atoms with Gasteiger partial charge < -0.3 is 10.1 Å². The fourth-order valence-corrected chi connectivity index (χ4v) is 2.91. The number of ether oxygens (including phenoxy) is 1. The van der Waals surface area contributed by atoms with Crippen molar-refractivity contribution in [3.8, 4) is 5.75 Å². The minimum atomic E-state index is -0.775. The average molecular weight is 332 g/mol. The van der Waals surface area contributed by atoms with Gasteiger partial charge in [0, 0.05) is 51.9 Å². The van der Waals surface area contributed by atoms with Crippen LogP contribution in [0.5, 0.6) is 5.75 Å². The van der Waals surface area contributed by atoms with Crippen molar-refractivity contribution in [3.05, 3.63) is 27.7 Å². The molecular weight excluding hydrogens is 314 g/mol. The van der Waals surface area contributed by atoms with Gasteiger partial charge in [-0.05, 0) is 24.6 Å². The highest BCUT2D eigenvalue weighted by Gasteiger charge is 2.17. The minimum Gasteiger partial charge on any atom is -0.493 e. The average Bonchev–Trinajstić information content (AvgIpc) is 2.76. The van der Waals surface area contributed by atoms with Gasteiger partial charge in [-0.25, -0.2) is 0 Å². The van der Waals surface area contributed by atoms with E-state index in [0.29, 0.717) is 0 Å². The molecule has 0 saturated carbocycles. The molecule has 0 aromatic heterocycles. The standard InChI is InChI=1S/C13H18BrNO2S/c1-9(18(2)16)7-15-8-11-6-12(14)5-10-3-4-17-13(10)11/h5-6,9,15H,3-4,7-8H2,1-2H3/t9-,18-/m1/s1. The summed E-state index contributed by atoms with van der Waals surface area (Å²) < 4.78 is 18.0. The molecule has 1 N–H and O–H groups in total. The van der Waals surface area contributed by atoms with E-state index >= 15 is 0 Å². The molecule has 0 amide bonds. The molecule has 1 heterocycles. The largest absolute Gasteiger partial charge is 0.493 e. The highest BCUT2D eigenvalue weighted by atomic mass is 79.9. The summed E-state index contributed by atoms with van der Waals surface area (Å²) in [5.74, 6) is 1.02. The molecule has 2 rings (SSSR count). The molecule has 18 heavy (non-hydrogen) atoms. The Morgan fingerprint density at radius 1 is 1.56 bits per heavy atom. The Hall–Kier alpha value is -0.390. The fraction of sp³-hybridized carbons (Fsp3) is 0.538. The lowest BCUT2D eigenvalue weighted by Crippen LogP contribution is -2.27. The maximum Gasteiger partial charge on any atom is 0.127 e. The van der Waals surface area contributed by atoms with Crippen LogP contribution < -0.4 is 10.1 Å². The van der Waals surface area contributed by atoms with Crippen LogP contribution in [-0.4, -0.2) is 28.9 Å². The van der Waals surface area contributed by atoms with Crippen molar-refractivity contribution in [2.24, 2.45) is 0 Å². The summed E-state index contributed by atoms with van der Waals surface area (Å²) in [5, 5.41) is 3.52. The highest BCUT2D eigenvalue weighted by molar-refractivity contribution is 9.10. The van der Waals surface area contributed by atoms with Gasteiger partial charge in [-0.2, -0.15) is 0 Å². The highest BCUT2D eigenvalue weighted by Crippen LogP contribution is 2.32. The second-order valence-electron chi connectivity index (χ2n) is 4.59. The minimum absolute atomic E-state index is 0.172. The van der Waals surface area contributed by atoms with E-state index in [9.17, 15) is 4.21 Å². The third-order valence-corrected chi connectivity index (χ3v) is 4.90. The molecule has 3 nitrogen and oxygen atoms in total. The summed E-state index contributed by atoms with van der Waals surface area (Å²) in [5.41, 5.74) is 2.44. The first-order valence-electron chi connectivity index (χ1n) is 6.05. The van der Waals surface area contributed by atoms with Crippen LogP contribution in [0.1, 0.15) is 18.1 Å². The van der Waals surface area contributed by atoms with Gasteiger partial charge in [0.15, 0.2) is 0 Å². The molecule has 1 aliphatic rings. The van der Waals surface area contributed by atoms with Crippen molar-refractivity contribution < 1.29 is 8.95 Å². The second-order valence-corrected chi connectivity index (χ2v) is 7.31. The number of nitrogens with one attached hydrogen (secondary N) is 1. The second kappa shape index (κ2) is 6.17. The summed E-state index contributed by atoms with van der Waals surface area (Å²) in [6, 6.07) is 4.21. The molecule has 0 aliphatic carbocycles. The van der Waals surface area contributed by atoms with Crippen LogP contribution in [0.2, 0.25) is 0 Å². The molecule has 100 valence electrons. The summed E-state index contributed by atoms with van der Waals surface area (Å²) in [4.78, 5) is 0. The first-order chi connectivity index (χ1) is 8.58. The number of hydrogen-bond acceptors (Lipinski definition) is 3. The van der Waals surface area contributed by atoms with Gasteiger partial charge in [0.05, 0.1) is 6.61 Å². The molecule has 0 bridgehead atoms. The number of benzene rings is 1. The topological polar surface area (TPSA) is 38.3 Å². The monoisotopic (exact) mass is 331 g/mol. The third kappa shape index (κ3) is 3.33. The van der Waals surface area contributed by atoms with Gasteiger partial charge >= 0.3 is 0 Å². The summed E-state index contributed by atoms with van der Waals surface area (Å²) in [6.07, 6.45) is 2.73. The smallest absolute Gasteiger partial charge is 0.127 e. The first-order valence-corrected chi connectivity index (χ1v) is 8.46. The summed E-state index contributed by atoms with van der Waals surface area (Å²) in [6.45, 7) is 4.27. The van der Waals surface area contributed by atoms with Crippen molar-refractivity contribution in [2.45, 2.75) is 25.1 Å². The van der Waals surface area contributed by atoms with Crippen molar-refractivity contribution in [1.82, 2.24) is 5.32 Å². The Bertz CT molecular complexity index is 465. The van der Waals surface area contributed by atoms with E-state index in [2.05, 4.69) is 33.4 Å². The van der Waals surface area contributed by atoms with Gasteiger partial charge in [0.1, 0.15) is 5.75 Å². The normalized spacial score (nSPS) is 17.1. The molecule has 1 aromatic rings. The van der Waals surface area contributed by atoms with Gasteiger partial charge in [0.2, 0.25) is 0 Å². The molecule has 0 unspecified atom stereocenters. The Kier molecular flexibility index (Phi) is 4.81. The van der Waals surface area contributed by atoms with Crippen molar-refractivity contribution >= 4 is 26.7 Å². The van der Waals surface area contributed by atoms with Crippen molar-refractivity contribution in [1.29, 1.82) is 0 Å². The molecule has 1 aromatic carbocycles. The predicted octanol–water partition coefficient (Wildman–Crippen LogP) is 2.24. The Morgan fingerprint density at radius 2 is 2.33 bits per heavy atom. The number of hydrogen-bond donors (Lipinski definition) is 1. The summed E-state index contributed by atoms with van der Waals surface area (Å²) in [7, 11) is -0.775. The van der Waals surface area contributed by atoms with Gasteiger partial charge in [0.25, 0.3) is 0 Å². The zero-order valence-electron chi connectivity index (χ0n) is 10.7. The van der Waals surface area contributed by atoms with E-state index in [1.165, 1.54) is 11.1 Å². The molecule has 0 spiro atoms. The van der Waals surface area contributed by atoms with Crippen LogP contribution in [0.3, 0.4) is 0 Å². The van der Waals surface area contributed by atoms with E-state index in [1.54, 1.807) is 6.26 Å². The first kappa shape index (κ1) is 14.0. The maximum atomic E-state index is 11.3. The zero-order chi connectivity index (χ0) is 13.1. The lowest BCUT2D eigenvalue weighted by molar-refractivity contribution is 0.352. The molecule has 1 aliphatic heterocycles. The van der Waals surface area contributed by atoms with Gasteiger partial charge in [-0.15, -0.1) is 0 Å². The summed E-state index contributed by atoms with van der Waals surface area (Å²) >= 11 is 3.53. The number of fused-ring (bicyclic) bond motifs is 1. The SMILES string of the molecule is C[C@H](CNCc1cc(Br)cc2c1OCC2)[S@@](C)=O. The number of rotatable bonds is 5. The lowest BCUT2D eigenvalue weighted by Gasteiger charge is -2.12. The molecule has 2 atom stereocenters. The van der Waals surface area contributed by atoms with Crippen molar-refractivity contribution in [3.63, 3.8) is 0 Å². The van der Waals surface area contributed by atoms with Crippen LogP contribution in [0.25, 0.3) is 0 Å². The van der Waals surface area contributed by atoms with Crippen LogP contribution in [-0.2, 0) is 23.8 Å². The third-order valence-electron chi connectivity index (χ3n) is 3.14. The predicted molar refractivity (Wildman–Crippen MR) is 78.6 cm³/mol. The van der Waals surface area contributed by atoms with Gasteiger partial charge in [-0.3, -0.25) is 4.21 Å². The van der Waals surface area contributed by atoms with E-state index in [1.807, 2.05) is 6.92 Å². The van der Waals surface area contributed by atoms with E-state index in [4.69, 9.17) is 4.74 Å². The molecule has 0 radical (unpaired) electrons. The van der Waals surface area contributed by atoms with E-state index in [0.717, 1.165) is 36.3 Å². The van der Waals surface area contributed by atoms with E-state index in [-0.39, 0.29) is 5.25 Å². The molecular formula is C13H18BrNO2S.